The first kappa shape index (κ1) is 22.1. The molecule has 0 aliphatic carbocycles. The fourth-order valence-electron chi connectivity index (χ4n) is 3.62. The Labute approximate surface area is 199 Å². The van der Waals surface area contributed by atoms with Crippen molar-refractivity contribution in [1.29, 1.82) is 0 Å². The van der Waals surface area contributed by atoms with Crippen molar-refractivity contribution in [1.82, 2.24) is 19.5 Å². The molecule has 4 aromatic rings. The summed E-state index contributed by atoms with van der Waals surface area (Å²) in [6.45, 7) is 4.26. The van der Waals surface area contributed by atoms with Gasteiger partial charge in [-0.2, -0.15) is 0 Å². The summed E-state index contributed by atoms with van der Waals surface area (Å²) in [7, 11) is 0. The topological polar surface area (TPSA) is 130 Å². The van der Waals surface area contributed by atoms with E-state index in [1.165, 1.54) is 33.4 Å². The number of amides is 1. The molecule has 4 aromatic heterocycles. The summed E-state index contributed by atoms with van der Waals surface area (Å²) in [5.74, 6) is -2.81. The Balaban J connectivity index is 1.46. The van der Waals surface area contributed by atoms with Gasteiger partial charge in [0.25, 0.3) is 0 Å². The van der Waals surface area contributed by atoms with Gasteiger partial charge in [-0.15, -0.1) is 22.7 Å². The number of hydrogen-bond donors (Lipinski definition) is 2. The van der Waals surface area contributed by atoms with E-state index in [2.05, 4.69) is 20.3 Å². The minimum absolute atomic E-state index is 0.0229. The number of aryl methyl sites for hydroxylation is 2. The van der Waals surface area contributed by atoms with E-state index < -0.39 is 22.8 Å². The number of carbonyl (C=O) groups excluding carboxylic acids is 1. The molecule has 0 radical (unpaired) electrons. The third kappa shape index (κ3) is 3.72. The Bertz CT molecular complexity index is 1490. The van der Waals surface area contributed by atoms with Crippen molar-refractivity contribution in [2.45, 2.75) is 13.8 Å². The van der Waals surface area contributed by atoms with E-state index in [4.69, 9.17) is 0 Å². The zero-order valence-electron chi connectivity index (χ0n) is 17.9. The molecule has 0 atom stereocenters. The van der Waals surface area contributed by atoms with Crippen LogP contribution in [0.1, 0.15) is 20.9 Å². The van der Waals surface area contributed by atoms with Crippen LogP contribution in [-0.4, -0.2) is 49.6 Å². The number of aromatic carboxylic acids is 1. The first-order valence-electron chi connectivity index (χ1n) is 10.1. The Morgan fingerprint density at radius 3 is 2.65 bits per heavy atom. The molecule has 0 bridgehead atoms. The number of anilines is 2. The fraction of sp³-hybridized carbons (Fsp3) is 0.238. The maximum absolute atomic E-state index is 15.0. The highest BCUT2D eigenvalue weighted by atomic mass is 32.1. The van der Waals surface area contributed by atoms with Gasteiger partial charge in [-0.1, -0.05) is 0 Å². The average Bonchev–Trinajstić information content (AvgIpc) is 3.38. The second-order valence-corrected chi connectivity index (χ2v) is 9.85. The van der Waals surface area contributed by atoms with Crippen LogP contribution < -0.4 is 15.6 Å². The monoisotopic (exact) mass is 500 g/mol. The van der Waals surface area contributed by atoms with E-state index in [1.807, 2.05) is 13.8 Å². The number of hydrogen-bond acceptors (Lipinski definition) is 9. The number of halogens is 1. The van der Waals surface area contributed by atoms with E-state index >= 15 is 0 Å². The normalized spacial score (nSPS) is 13.8. The van der Waals surface area contributed by atoms with E-state index in [0.29, 0.717) is 10.3 Å². The Hall–Kier alpha value is -3.71. The van der Waals surface area contributed by atoms with Gasteiger partial charge in [-0.05, 0) is 19.9 Å². The van der Waals surface area contributed by atoms with Crippen LogP contribution in [0, 0.1) is 25.6 Å². The van der Waals surface area contributed by atoms with Crippen molar-refractivity contribution in [2.24, 2.45) is 5.92 Å². The molecule has 34 heavy (non-hydrogen) atoms. The number of pyridine rings is 2. The first-order chi connectivity index (χ1) is 16.2. The van der Waals surface area contributed by atoms with Gasteiger partial charge >= 0.3 is 5.97 Å². The number of carbonyl (C=O) groups is 2. The zero-order chi connectivity index (χ0) is 24.1. The van der Waals surface area contributed by atoms with E-state index in [0.717, 1.165) is 22.8 Å². The molecule has 13 heteroatoms. The van der Waals surface area contributed by atoms with Crippen molar-refractivity contribution in [2.75, 3.05) is 23.3 Å². The highest BCUT2D eigenvalue weighted by molar-refractivity contribution is 7.15. The molecule has 1 aliphatic heterocycles. The summed E-state index contributed by atoms with van der Waals surface area (Å²) in [5, 5.41) is 14.6. The minimum Gasteiger partial charge on any atom is -0.477 e. The fourth-order valence-corrected chi connectivity index (χ4v) is 5.06. The summed E-state index contributed by atoms with van der Waals surface area (Å²) < 4.78 is 16.3. The van der Waals surface area contributed by atoms with Gasteiger partial charge in [0.2, 0.25) is 11.3 Å². The maximum Gasteiger partial charge on any atom is 0.341 e. The molecule has 0 saturated carbocycles. The Morgan fingerprint density at radius 1 is 1.26 bits per heavy atom. The Kier molecular flexibility index (Phi) is 5.37. The smallest absolute Gasteiger partial charge is 0.341 e. The van der Waals surface area contributed by atoms with Gasteiger partial charge in [-0.3, -0.25) is 14.2 Å². The van der Waals surface area contributed by atoms with E-state index in [9.17, 15) is 23.9 Å². The highest BCUT2D eigenvalue weighted by Gasteiger charge is 2.36. The molecule has 0 unspecified atom stereocenters. The molecule has 174 valence electrons. The van der Waals surface area contributed by atoms with Crippen LogP contribution >= 0.6 is 22.7 Å². The first-order valence-corrected chi connectivity index (χ1v) is 11.8. The summed E-state index contributed by atoms with van der Waals surface area (Å²) in [6.07, 6.45) is 2.67. The van der Waals surface area contributed by atoms with Crippen LogP contribution in [0.25, 0.3) is 16.2 Å². The van der Waals surface area contributed by atoms with Gasteiger partial charge in [0.1, 0.15) is 5.56 Å². The minimum atomic E-state index is -1.43. The lowest BCUT2D eigenvalue weighted by Gasteiger charge is -2.39. The third-order valence-electron chi connectivity index (χ3n) is 5.58. The summed E-state index contributed by atoms with van der Waals surface area (Å²) in [6, 6.07) is 0.991. The molecule has 1 aliphatic rings. The van der Waals surface area contributed by atoms with Crippen molar-refractivity contribution < 1.29 is 19.1 Å². The van der Waals surface area contributed by atoms with E-state index in [1.54, 1.807) is 10.3 Å². The zero-order valence-corrected chi connectivity index (χ0v) is 19.5. The van der Waals surface area contributed by atoms with Crippen molar-refractivity contribution in [3.63, 3.8) is 0 Å². The molecule has 1 fully saturated rings. The van der Waals surface area contributed by atoms with Gasteiger partial charge in [0, 0.05) is 35.7 Å². The number of nitrogens with one attached hydrogen (secondary N) is 1. The molecule has 1 amide bonds. The molecule has 5 rings (SSSR count). The summed E-state index contributed by atoms with van der Waals surface area (Å²) >= 11 is 2.61. The lowest BCUT2D eigenvalue weighted by molar-refractivity contribution is -0.120. The Morgan fingerprint density at radius 2 is 2.03 bits per heavy atom. The van der Waals surface area contributed by atoms with Crippen LogP contribution in [0.4, 0.5) is 15.3 Å². The molecule has 5 heterocycles. The summed E-state index contributed by atoms with van der Waals surface area (Å²) in [4.78, 5) is 52.2. The van der Waals surface area contributed by atoms with Crippen molar-refractivity contribution >= 4 is 56.5 Å². The quantitative estimate of drug-likeness (QED) is 0.428. The van der Waals surface area contributed by atoms with Crippen LogP contribution in [0.3, 0.4) is 0 Å². The maximum atomic E-state index is 15.0. The largest absolute Gasteiger partial charge is 0.477 e. The molecule has 10 nitrogen and oxygen atoms in total. The number of carboxylic acid groups (broad SMARTS) is 1. The third-order valence-corrected chi connectivity index (χ3v) is 7.34. The van der Waals surface area contributed by atoms with Gasteiger partial charge in [0.15, 0.2) is 27.5 Å². The van der Waals surface area contributed by atoms with Gasteiger partial charge < -0.3 is 15.3 Å². The lowest BCUT2D eigenvalue weighted by Crippen LogP contribution is -2.52. The summed E-state index contributed by atoms with van der Waals surface area (Å²) in [5.41, 5.74) is -0.397. The van der Waals surface area contributed by atoms with Crippen LogP contribution in [0.15, 0.2) is 28.6 Å². The molecule has 1 saturated heterocycles. The van der Waals surface area contributed by atoms with E-state index in [-0.39, 0.29) is 41.8 Å². The number of rotatable bonds is 5. The predicted octanol–water partition coefficient (Wildman–Crippen LogP) is 2.83. The molecule has 0 spiro atoms. The highest BCUT2D eigenvalue weighted by Crippen LogP contribution is 2.30. The molecule has 2 N–H and O–H groups in total. The van der Waals surface area contributed by atoms with Crippen molar-refractivity contribution in [3.8, 4) is 5.13 Å². The predicted molar refractivity (Wildman–Crippen MR) is 126 cm³/mol. The second-order valence-electron chi connectivity index (χ2n) is 7.78. The molecular weight excluding hydrogens is 483 g/mol. The number of thiazole rings is 2. The standard InChI is InChI=1S/C21H17FN6O4S2/c1-9-10(2)34-20(24-9)26-18(30)11-6-27(7-11)17-14(22)5-12-15(29)13(19(31)32)8-28(16(12)25-17)21-23-3-4-33-21/h3-5,8,11H,6-7H2,1-2H3,(H,31,32)(H,24,26,30). The lowest BCUT2D eigenvalue weighted by atomic mass is 9.99. The van der Waals surface area contributed by atoms with Crippen molar-refractivity contribution in [3.05, 3.63) is 56.0 Å². The second kappa shape index (κ2) is 8.25. The number of nitrogens with zero attached hydrogens (tertiary/aromatic N) is 5. The SMILES string of the molecule is Cc1nc(NC(=O)C2CN(c3nc4c(cc3F)c(=O)c(C(=O)O)cn4-c3nccs3)C2)sc1C. The number of aromatic nitrogens is 4. The molecular formula is C21H17FN6O4S2. The van der Waals surface area contributed by atoms with Gasteiger partial charge in [0.05, 0.1) is 17.0 Å². The van der Waals surface area contributed by atoms with Gasteiger partial charge in [-0.25, -0.2) is 24.1 Å². The number of carboxylic acids is 1. The number of fused-ring (bicyclic) bond motifs is 1. The van der Waals surface area contributed by atoms with Crippen LogP contribution in [-0.2, 0) is 4.79 Å². The van der Waals surface area contributed by atoms with Crippen LogP contribution in [0.5, 0.6) is 0 Å². The average molecular weight is 501 g/mol. The van der Waals surface area contributed by atoms with Crippen LogP contribution in [0.2, 0.25) is 0 Å². The molecule has 0 aromatic carbocycles.